The fourth-order valence-corrected chi connectivity index (χ4v) is 1.44. The molecule has 0 aliphatic rings. The smallest absolute Gasteiger partial charge is 0.233 e. The molecule has 0 unspecified atom stereocenters. The zero-order chi connectivity index (χ0) is 10.4. The third kappa shape index (κ3) is 3.58. The van der Waals surface area contributed by atoms with Gasteiger partial charge in [-0.1, -0.05) is 37.3 Å². The molecule has 1 aromatic carbocycles. The van der Waals surface area contributed by atoms with Crippen LogP contribution < -0.4 is 0 Å². The van der Waals surface area contributed by atoms with Crippen molar-refractivity contribution < 1.29 is 10.0 Å². The van der Waals surface area contributed by atoms with Gasteiger partial charge in [-0.25, -0.2) is 5.06 Å². The second kappa shape index (κ2) is 5.40. The summed E-state index contributed by atoms with van der Waals surface area (Å²) in [6, 6.07) is 10.0. The number of nitrogens with zero attached hydrogens (tertiary/aromatic N) is 1. The quantitative estimate of drug-likeness (QED) is 0.439. The number of hydrogen-bond donors (Lipinski definition) is 1. The Morgan fingerprint density at radius 1 is 1.43 bits per heavy atom. The van der Waals surface area contributed by atoms with Gasteiger partial charge in [-0.05, 0) is 17.9 Å². The van der Waals surface area contributed by atoms with E-state index in [0.29, 0.717) is 18.0 Å². The molecule has 3 nitrogen and oxygen atoms in total. The summed E-state index contributed by atoms with van der Waals surface area (Å²) < 4.78 is 0. The molecular weight excluding hydrogens is 178 g/mol. The topological polar surface area (TPSA) is 40.5 Å². The first-order chi connectivity index (χ1) is 6.72. The van der Waals surface area contributed by atoms with E-state index in [0.717, 1.165) is 6.42 Å². The molecule has 0 aromatic heterocycles. The van der Waals surface area contributed by atoms with Gasteiger partial charge >= 0.3 is 0 Å². The summed E-state index contributed by atoms with van der Waals surface area (Å²) in [5, 5.41) is 9.66. The van der Waals surface area contributed by atoms with E-state index < -0.39 is 0 Å². The van der Waals surface area contributed by atoms with Crippen LogP contribution in [0.25, 0.3) is 0 Å². The summed E-state index contributed by atoms with van der Waals surface area (Å²) in [5.74, 6) is 0.257. The van der Waals surface area contributed by atoms with E-state index in [1.807, 2.05) is 37.3 Å². The summed E-state index contributed by atoms with van der Waals surface area (Å²) in [6.07, 6.45) is 1.30. The molecule has 1 rings (SSSR count). The Balaban J connectivity index is 2.41. The highest BCUT2D eigenvalue weighted by Gasteiger charge is 2.06. The predicted molar refractivity (Wildman–Crippen MR) is 53.9 cm³/mol. The van der Waals surface area contributed by atoms with E-state index in [1.165, 1.54) is 5.56 Å². The van der Waals surface area contributed by atoms with Crippen molar-refractivity contribution in [3.63, 3.8) is 0 Å². The van der Waals surface area contributed by atoms with E-state index in [9.17, 15) is 4.79 Å². The number of hydroxylamine groups is 2. The lowest BCUT2D eigenvalue weighted by Crippen LogP contribution is -2.24. The van der Waals surface area contributed by atoms with E-state index in [-0.39, 0.29) is 5.92 Å². The summed E-state index contributed by atoms with van der Waals surface area (Å²) in [5.41, 5.74) is 1.22. The average molecular weight is 193 g/mol. The number of carbonyl (C=O) groups excluding carboxylic acids is 1. The average Bonchev–Trinajstić information content (AvgIpc) is 2.19. The van der Waals surface area contributed by atoms with Crippen LogP contribution in [-0.2, 0) is 11.2 Å². The van der Waals surface area contributed by atoms with Crippen LogP contribution in [-0.4, -0.2) is 23.2 Å². The molecule has 0 radical (unpaired) electrons. The van der Waals surface area contributed by atoms with Crippen molar-refractivity contribution in [2.45, 2.75) is 13.3 Å². The normalized spacial score (nSPS) is 12.1. The molecule has 76 valence electrons. The molecule has 0 aliphatic carbocycles. The van der Waals surface area contributed by atoms with Gasteiger partial charge in [-0.15, -0.1) is 0 Å². The van der Waals surface area contributed by atoms with Gasteiger partial charge in [0.05, 0.1) is 6.54 Å². The van der Waals surface area contributed by atoms with Crippen molar-refractivity contribution >= 4 is 6.41 Å². The van der Waals surface area contributed by atoms with Crippen molar-refractivity contribution in [3.05, 3.63) is 35.9 Å². The monoisotopic (exact) mass is 193 g/mol. The highest BCUT2D eigenvalue weighted by Crippen LogP contribution is 2.08. The molecule has 14 heavy (non-hydrogen) atoms. The van der Waals surface area contributed by atoms with Crippen LogP contribution in [0.2, 0.25) is 0 Å². The Labute approximate surface area is 83.9 Å². The zero-order valence-electron chi connectivity index (χ0n) is 8.26. The van der Waals surface area contributed by atoms with Crippen LogP contribution in [0, 0.1) is 5.92 Å². The summed E-state index contributed by atoms with van der Waals surface area (Å²) in [6.45, 7) is 2.37. The van der Waals surface area contributed by atoms with Crippen molar-refractivity contribution in [1.29, 1.82) is 0 Å². The van der Waals surface area contributed by atoms with Gasteiger partial charge in [-0.2, -0.15) is 0 Å². The standard InChI is InChI=1S/C11H15NO2/c1-10(8-12(14)9-13)7-11-5-3-2-4-6-11/h2-6,9-10,14H,7-8H2,1H3/t10-/m0/s1. The Morgan fingerprint density at radius 2 is 2.07 bits per heavy atom. The minimum Gasteiger partial charge on any atom is -0.286 e. The van der Waals surface area contributed by atoms with E-state index >= 15 is 0 Å². The van der Waals surface area contributed by atoms with Crippen molar-refractivity contribution in [2.24, 2.45) is 5.92 Å². The van der Waals surface area contributed by atoms with Gasteiger partial charge in [0.1, 0.15) is 0 Å². The van der Waals surface area contributed by atoms with Crippen LogP contribution in [0.3, 0.4) is 0 Å². The van der Waals surface area contributed by atoms with Crippen LogP contribution in [0.15, 0.2) is 30.3 Å². The first-order valence-electron chi connectivity index (χ1n) is 4.67. The van der Waals surface area contributed by atoms with E-state index in [4.69, 9.17) is 5.21 Å². The van der Waals surface area contributed by atoms with Gasteiger partial charge in [0.15, 0.2) is 0 Å². The third-order valence-corrected chi connectivity index (χ3v) is 2.05. The van der Waals surface area contributed by atoms with Gasteiger partial charge in [0.25, 0.3) is 0 Å². The predicted octanol–water partition coefficient (Wildman–Crippen LogP) is 1.71. The minimum absolute atomic E-state index is 0.257. The molecule has 0 saturated heterocycles. The second-order valence-electron chi connectivity index (χ2n) is 3.52. The van der Waals surface area contributed by atoms with Crippen molar-refractivity contribution in [3.8, 4) is 0 Å². The van der Waals surface area contributed by atoms with Crippen molar-refractivity contribution in [2.75, 3.05) is 6.54 Å². The highest BCUT2D eigenvalue weighted by atomic mass is 16.5. The molecule has 0 aliphatic heterocycles. The molecule has 1 aromatic rings. The zero-order valence-corrected chi connectivity index (χ0v) is 8.26. The Bertz CT molecular complexity index is 274. The maximum atomic E-state index is 10.2. The highest BCUT2D eigenvalue weighted by molar-refractivity contribution is 5.44. The SMILES string of the molecule is C[C@@H](Cc1ccccc1)CN(O)C=O. The number of amides is 1. The lowest BCUT2D eigenvalue weighted by atomic mass is 10.0. The number of carbonyl (C=O) groups is 1. The minimum atomic E-state index is 0.257. The lowest BCUT2D eigenvalue weighted by molar-refractivity contribution is -0.151. The summed E-state index contributed by atoms with van der Waals surface area (Å²) in [7, 11) is 0. The molecule has 1 N–H and O–H groups in total. The molecule has 1 amide bonds. The number of benzene rings is 1. The first-order valence-corrected chi connectivity index (χ1v) is 4.67. The molecule has 0 fully saturated rings. The second-order valence-corrected chi connectivity index (χ2v) is 3.52. The molecule has 1 atom stereocenters. The lowest BCUT2D eigenvalue weighted by Gasteiger charge is -2.15. The van der Waals surface area contributed by atoms with Gasteiger partial charge < -0.3 is 0 Å². The van der Waals surface area contributed by atoms with Gasteiger partial charge in [-0.3, -0.25) is 10.0 Å². The van der Waals surface area contributed by atoms with E-state index in [1.54, 1.807) is 0 Å². The first kappa shape index (κ1) is 10.7. The fraction of sp³-hybridized carbons (Fsp3) is 0.364. The fourth-order valence-electron chi connectivity index (χ4n) is 1.44. The largest absolute Gasteiger partial charge is 0.286 e. The number of rotatable bonds is 5. The Kier molecular flexibility index (Phi) is 4.13. The molecule has 0 saturated carbocycles. The van der Waals surface area contributed by atoms with E-state index in [2.05, 4.69) is 0 Å². The summed E-state index contributed by atoms with van der Waals surface area (Å²) in [4.78, 5) is 10.2. The molecular formula is C11H15NO2. The molecule has 0 heterocycles. The Hall–Kier alpha value is -1.35. The maximum absolute atomic E-state index is 10.2. The number of hydrogen-bond acceptors (Lipinski definition) is 2. The van der Waals surface area contributed by atoms with Gasteiger partial charge in [0.2, 0.25) is 6.41 Å². The van der Waals surface area contributed by atoms with Crippen LogP contribution >= 0.6 is 0 Å². The maximum Gasteiger partial charge on any atom is 0.233 e. The molecule has 0 spiro atoms. The molecule has 0 bridgehead atoms. The van der Waals surface area contributed by atoms with Gasteiger partial charge in [0, 0.05) is 0 Å². The summed E-state index contributed by atoms with van der Waals surface area (Å²) >= 11 is 0. The Morgan fingerprint density at radius 3 is 2.64 bits per heavy atom. The third-order valence-electron chi connectivity index (χ3n) is 2.05. The van der Waals surface area contributed by atoms with Crippen LogP contribution in [0.1, 0.15) is 12.5 Å². The van der Waals surface area contributed by atoms with Crippen molar-refractivity contribution in [1.82, 2.24) is 5.06 Å². The van der Waals surface area contributed by atoms with Crippen LogP contribution in [0.4, 0.5) is 0 Å². The molecule has 3 heteroatoms. The van der Waals surface area contributed by atoms with Crippen LogP contribution in [0.5, 0.6) is 0 Å².